The minimum absolute atomic E-state index is 0.159. The van der Waals surface area contributed by atoms with Crippen LogP contribution < -0.4 is 5.56 Å². The highest BCUT2D eigenvalue weighted by Crippen LogP contribution is 2.01. The maximum Gasteiger partial charge on any atom is 0.275 e. The average molecular weight is 189 g/mol. The number of aryl methyl sites for hydroxylation is 1. The maximum absolute atomic E-state index is 11.1. The molecule has 1 heterocycles. The summed E-state index contributed by atoms with van der Waals surface area (Å²) in [6.07, 6.45) is 0. The van der Waals surface area contributed by atoms with E-state index < -0.39 is 0 Å². The molecule has 0 saturated heterocycles. The summed E-state index contributed by atoms with van der Waals surface area (Å²) in [5.74, 6) is -0.496. The number of carbonyl (C=O) groups excluding carboxylic acids is 1. The van der Waals surface area contributed by atoms with Crippen LogP contribution in [-0.4, -0.2) is 21.4 Å². The van der Waals surface area contributed by atoms with Crippen LogP contribution in [0.15, 0.2) is 4.79 Å². The Kier molecular flexibility index (Phi) is 2.38. The Bertz CT molecular complexity index is 364. The zero-order chi connectivity index (χ0) is 9.30. The Balaban J connectivity index is 3.32. The van der Waals surface area contributed by atoms with Crippen LogP contribution in [0, 0.1) is 6.92 Å². The molecule has 0 atom stereocenters. The van der Waals surface area contributed by atoms with Crippen molar-refractivity contribution < 1.29 is 4.79 Å². The van der Waals surface area contributed by atoms with Gasteiger partial charge in [0.05, 0.1) is 5.88 Å². The van der Waals surface area contributed by atoms with E-state index in [2.05, 4.69) is 5.10 Å². The molecule has 0 unspecified atom stereocenters. The molecule has 0 spiro atoms. The fraction of sp³-hybridized carbons (Fsp3) is 0.429. The molecule has 0 bridgehead atoms. The number of H-pyrrole nitrogens is 1. The SMILES string of the molecule is Cc1c(C(=O)CCl)c(=O)[nH]n1C. The second-order valence-corrected chi connectivity index (χ2v) is 2.78. The number of halogens is 1. The van der Waals surface area contributed by atoms with Gasteiger partial charge in [-0.1, -0.05) is 0 Å². The number of nitrogens with zero attached hydrogens (tertiary/aromatic N) is 1. The Labute approximate surface area is 74.1 Å². The van der Waals surface area contributed by atoms with Crippen molar-refractivity contribution in [3.05, 3.63) is 21.6 Å². The average Bonchev–Trinajstić information content (AvgIpc) is 2.26. The normalized spacial score (nSPS) is 10.2. The van der Waals surface area contributed by atoms with E-state index in [0.29, 0.717) is 5.69 Å². The molecule has 1 aromatic heterocycles. The van der Waals surface area contributed by atoms with Gasteiger partial charge in [0.25, 0.3) is 5.56 Å². The highest BCUT2D eigenvalue weighted by atomic mass is 35.5. The van der Waals surface area contributed by atoms with Crippen LogP contribution in [0.3, 0.4) is 0 Å². The van der Waals surface area contributed by atoms with E-state index in [0.717, 1.165) is 0 Å². The fourth-order valence-corrected chi connectivity index (χ4v) is 1.15. The topological polar surface area (TPSA) is 54.9 Å². The monoisotopic (exact) mass is 188 g/mol. The van der Waals surface area contributed by atoms with Crippen LogP contribution in [0.25, 0.3) is 0 Å². The zero-order valence-corrected chi connectivity index (χ0v) is 7.60. The second-order valence-electron chi connectivity index (χ2n) is 2.52. The number of aromatic amines is 1. The van der Waals surface area contributed by atoms with Gasteiger partial charge in [0.2, 0.25) is 0 Å². The van der Waals surface area contributed by atoms with Gasteiger partial charge in [-0.15, -0.1) is 11.6 Å². The zero-order valence-electron chi connectivity index (χ0n) is 6.85. The smallest absolute Gasteiger partial charge is 0.275 e. The Morgan fingerprint density at radius 3 is 2.58 bits per heavy atom. The number of alkyl halides is 1. The van der Waals surface area contributed by atoms with Crippen LogP contribution in [0.5, 0.6) is 0 Å². The van der Waals surface area contributed by atoms with Crippen molar-refractivity contribution in [1.82, 2.24) is 9.78 Å². The molecule has 0 aliphatic carbocycles. The quantitative estimate of drug-likeness (QED) is 0.541. The van der Waals surface area contributed by atoms with Crippen molar-refractivity contribution in [3.63, 3.8) is 0 Å². The molecule has 0 saturated carbocycles. The van der Waals surface area contributed by atoms with E-state index in [-0.39, 0.29) is 22.8 Å². The lowest BCUT2D eigenvalue weighted by Gasteiger charge is -1.94. The largest absolute Gasteiger partial charge is 0.293 e. The molecule has 5 heteroatoms. The van der Waals surface area contributed by atoms with E-state index in [9.17, 15) is 9.59 Å². The van der Waals surface area contributed by atoms with Crippen molar-refractivity contribution in [2.75, 3.05) is 5.88 Å². The van der Waals surface area contributed by atoms with Crippen molar-refractivity contribution >= 4 is 17.4 Å². The standard InChI is InChI=1S/C7H9ClN2O2/c1-4-6(5(11)3-8)7(12)9-10(4)2/h3H2,1-2H3,(H,9,12). The van der Waals surface area contributed by atoms with Gasteiger partial charge >= 0.3 is 0 Å². The number of Topliss-reactive ketones (excluding diaryl/α,β-unsaturated/α-hetero) is 1. The number of aromatic nitrogens is 2. The van der Waals surface area contributed by atoms with E-state index in [1.165, 1.54) is 4.68 Å². The van der Waals surface area contributed by atoms with Crippen molar-refractivity contribution in [2.24, 2.45) is 7.05 Å². The third-order valence-electron chi connectivity index (χ3n) is 1.76. The number of nitrogens with one attached hydrogen (secondary N) is 1. The molecule has 4 nitrogen and oxygen atoms in total. The highest BCUT2D eigenvalue weighted by molar-refractivity contribution is 6.30. The summed E-state index contributed by atoms with van der Waals surface area (Å²) in [5, 5.41) is 2.47. The van der Waals surface area contributed by atoms with Crippen LogP contribution >= 0.6 is 11.6 Å². The van der Waals surface area contributed by atoms with Gasteiger partial charge in [0.15, 0.2) is 5.78 Å². The molecule has 1 aromatic rings. The van der Waals surface area contributed by atoms with Gasteiger partial charge in [-0.25, -0.2) is 0 Å². The molecule has 0 aliphatic rings. The molecular formula is C7H9ClN2O2. The number of hydrogen-bond donors (Lipinski definition) is 1. The minimum atomic E-state index is -0.374. The maximum atomic E-state index is 11.1. The summed E-state index contributed by atoms with van der Waals surface area (Å²) in [4.78, 5) is 22.2. The van der Waals surface area contributed by atoms with E-state index in [4.69, 9.17) is 11.6 Å². The Hall–Kier alpha value is -1.03. The molecule has 1 N–H and O–H groups in total. The van der Waals surface area contributed by atoms with E-state index >= 15 is 0 Å². The molecule has 12 heavy (non-hydrogen) atoms. The first kappa shape index (κ1) is 9.06. The lowest BCUT2D eigenvalue weighted by molar-refractivity contribution is 0.101. The summed E-state index contributed by atoms with van der Waals surface area (Å²) < 4.78 is 1.50. The fourth-order valence-electron chi connectivity index (χ4n) is 1.02. The van der Waals surface area contributed by atoms with Gasteiger partial charge in [-0.2, -0.15) is 0 Å². The van der Waals surface area contributed by atoms with E-state index in [1.807, 2.05) is 0 Å². The molecule has 0 amide bonds. The van der Waals surface area contributed by atoms with Gasteiger partial charge < -0.3 is 0 Å². The first-order chi connectivity index (χ1) is 5.57. The molecule has 0 radical (unpaired) electrons. The summed E-state index contributed by atoms with van der Waals surface area (Å²) in [6, 6.07) is 0. The molecular weight excluding hydrogens is 180 g/mol. The van der Waals surface area contributed by atoms with Crippen molar-refractivity contribution in [1.29, 1.82) is 0 Å². The second kappa shape index (κ2) is 3.15. The predicted molar refractivity (Wildman–Crippen MR) is 45.8 cm³/mol. The number of rotatable bonds is 2. The molecule has 66 valence electrons. The predicted octanol–water partition coefficient (Wildman–Crippen LogP) is 0.443. The van der Waals surface area contributed by atoms with Crippen molar-refractivity contribution in [3.8, 4) is 0 Å². The number of hydrogen-bond acceptors (Lipinski definition) is 2. The minimum Gasteiger partial charge on any atom is -0.293 e. The Morgan fingerprint density at radius 2 is 2.25 bits per heavy atom. The van der Waals surface area contributed by atoms with Gasteiger partial charge in [-0.3, -0.25) is 19.4 Å². The first-order valence-electron chi connectivity index (χ1n) is 3.42. The first-order valence-corrected chi connectivity index (χ1v) is 3.96. The molecule has 1 rings (SSSR count). The van der Waals surface area contributed by atoms with Gasteiger partial charge in [0.1, 0.15) is 5.56 Å². The number of ketones is 1. The molecule has 0 aromatic carbocycles. The number of carbonyl (C=O) groups is 1. The lowest BCUT2D eigenvalue weighted by Crippen LogP contribution is -2.14. The summed E-state index contributed by atoms with van der Waals surface area (Å²) >= 11 is 5.33. The van der Waals surface area contributed by atoms with Crippen LogP contribution in [0.2, 0.25) is 0 Å². The van der Waals surface area contributed by atoms with Gasteiger partial charge in [0, 0.05) is 12.7 Å². The van der Waals surface area contributed by atoms with E-state index in [1.54, 1.807) is 14.0 Å². The highest BCUT2D eigenvalue weighted by Gasteiger charge is 2.15. The van der Waals surface area contributed by atoms with Gasteiger partial charge in [-0.05, 0) is 6.92 Å². The Morgan fingerprint density at radius 1 is 1.67 bits per heavy atom. The third-order valence-corrected chi connectivity index (χ3v) is 2.00. The summed E-state index contributed by atoms with van der Waals surface area (Å²) in [6.45, 7) is 1.69. The third kappa shape index (κ3) is 1.30. The molecule has 0 aliphatic heterocycles. The van der Waals surface area contributed by atoms with Crippen LogP contribution in [0.4, 0.5) is 0 Å². The lowest BCUT2D eigenvalue weighted by atomic mass is 10.2. The van der Waals surface area contributed by atoms with Crippen molar-refractivity contribution in [2.45, 2.75) is 6.92 Å². The van der Waals surface area contributed by atoms with Crippen LogP contribution in [0.1, 0.15) is 16.1 Å². The summed E-state index contributed by atoms with van der Waals surface area (Å²) in [5.41, 5.74) is 0.402. The van der Waals surface area contributed by atoms with Crippen LogP contribution in [-0.2, 0) is 7.05 Å². The summed E-state index contributed by atoms with van der Waals surface area (Å²) in [7, 11) is 1.67. The molecule has 0 fully saturated rings.